The molecule has 1 saturated heterocycles. The van der Waals surface area contributed by atoms with Gasteiger partial charge in [0, 0.05) is 43.4 Å². The van der Waals surface area contributed by atoms with Gasteiger partial charge in [-0.05, 0) is 44.8 Å². The number of hydrogen-bond acceptors (Lipinski definition) is 3. The highest BCUT2D eigenvalue weighted by atomic mass is 16.1. The van der Waals surface area contributed by atoms with Gasteiger partial charge in [-0.2, -0.15) is 0 Å². The van der Waals surface area contributed by atoms with E-state index in [9.17, 15) is 9.59 Å². The van der Waals surface area contributed by atoms with Crippen LogP contribution in [0.4, 0.5) is 0 Å². The van der Waals surface area contributed by atoms with Crippen molar-refractivity contribution in [2.24, 2.45) is 13.0 Å². The zero-order valence-electron chi connectivity index (χ0n) is 13.3. The number of likely N-dealkylation sites (tertiary alicyclic amines) is 1. The van der Waals surface area contributed by atoms with Crippen LogP contribution in [0.2, 0.25) is 0 Å². The van der Waals surface area contributed by atoms with E-state index in [1.165, 1.54) is 17.4 Å². The third kappa shape index (κ3) is 2.86. The van der Waals surface area contributed by atoms with Gasteiger partial charge in [0.15, 0.2) is 5.78 Å². The highest BCUT2D eigenvalue weighted by molar-refractivity contribution is 6.07. The van der Waals surface area contributed by atoms with Gasteiger partial charge in [0.2, 0.25) is 0 Å². The van der Waals surface area contributed by atoms with Gasteiger partial charge < -0.3 is 14.5 Å². The molecule has 2 aromatic heterocycles. The van der Waals surface area contributed by atoms with E-state index in [1.54, 1.807) is 19.4 Å². The molecule has 22 heavy (non-hydrogen) atoms. The van der Waals surface area contributed by atoms with Crippen molar-refractivity contribution in [2.75, 3.05) is 20.1 Å². The summed E-state index contributed by atoms with van der Waals surface area (Å²) in [5, 5.41) is 0.744. The Morgan fingerprint density at radius 3 is 3.00 bits per heavy atom. The predicted molar refractivity (Wildman–Crippen MR) is 87.3 cm³/mol. The zero-order chi connectivity index (χ0) is 15.7. The Morgan fingerprint density at radius 2 is 2.23 bits per heavy atom. The molecular formula is C17H23N3O2. The van der Waals surface area contributed by atoms with Gasteiger partial charge in [-0.1, -0.05) is 0 Å². The number of aromatic nitrogens is 2. The Labute approximate surface area is 129 Å². The first kappa shape index (κ1) is 15.0. The molecule has 1 N–H and O–H groups in total. The number of carbonyl (C=O) groups excluding carboxylic acids is 1. The fraction of sp³-hybridized carbons (Fsp3) is 0.529. The van der Waals surface area contributed by atoms with Gasteiger partial charge in [-0.15, -0.1) is 0 Å². The molecule has 1 atom stereocenters. The van der Waals surface area contributed by atoms with Gasteiger partial charge in [0.05, 0.1) is 0 Å². The van der Waals surface area contributed by atoms with Crippen molar-refractivity contribution in [1.29, 1.82) is 0 Å². The number of rotatable bonds is 4. The number of Topliss-reactive ketones (excluding diaryl/α,β-unsaturated/α-hetero) is 1. The molecule has 0 radical (unpaired) electrons. The maximum absolute atomic E-state index is 12.6. The van der Waals surface area contributed by atoms with E-state index < -0.39 is 0 Å². The quantitative estimate of drug-likeness (QED) is 0.881. The van der Waals surface area contributed by atoms with Crippen LogP contribution < -0.4 is 5.56 Å². The van der Waals surface area contributed by atoms with Crippen LogP contribution >= 0.6 is 0 Å². The third-order valence-corrected chi connectivity index (χ3v) is 4.70. The second-order valence-electron chi connectivity index (χ2n) is 6.46. The van der Waals surface area contributed by atoms with Gasteiger partial charge in [-0.3, -0.25) is 9.59 Å². The number of nitrogens with one attached hydrogen (secondary N) is 1. The van der Waals surface area contributed by atoms with Crippen molar-refractivity contribution in [2.45, 2.75) is 25.7 Å². The van der Waals surface area contributed by atoms with Crippen molar-refractivity contribution in [1.82, 2.24) is 14.5 Å². The van der Waals surface area contributed by atoms with E-state index in [1.807, 2.05) is 6.07 Å². The lowest BCUT2D eigenvalue weighted by molar-refractivity contribution is 0.0964. The van der Waals surface area contributed by atoms with E-state index >= 15 is 0 Å². The minimum atomic E-state index is -0.0922. The number of aromatic amines is 1. The molecule has 1 unspecified atom stereocenters. The molecule has 0 bridgehead atoms. The van der Waals surface area contributed by atoms with Crippen LogP contribution in [0.15, 0.2) is 23.3 Å². The second kappa shape index (κ2) is 6.08. The zero-order valence-corrected chi connectivity index (χ0v) is 13.3. The van der Waals surface area contributed by atoms with Crippen molar-refractivity contribution >= 4 is 16.7 Å². The maximum Gasteiger partial charge on any atom is 0.274 e. The highest BCUT2D eigenvalue weighted by Gasteiger charge is 2.20. The Kier molecular flexibility index (Phi) is 4.16. The summed E-state index contributed by atoms with van der Waals surface area (Å²) in [6, 6.07) is 1.82. The summed E-state index contributed by atoms with van der Waals surface area (Å²) in [4.78, 5) is 29.9. The largest absolute Gasteiger partial charge is 0.357 e. The first-order valence-corrected chi connectivity index (χ1v) is 7.94. The summed E-state index contributed by atoms with van der Waals surface area (Å²) < 4.78 is 1.49. The van der Waals surface area contributed by atoms with Crippen LogP contribution in [0, 0.1) is 5.92 Å². The fourth-order valence-electron chi connectivity index (χ4n) is 3.47. The van der Waals surface area contributed by atoms with E-state index in [0.717, 1.165) is 24.9 Å². The number of carbonyl (C=O) groups is 1. The van der Waals surface area contributed by atoms with Crippen molar-refractivity contribution in [3.63, 3.8) is 0 Å². The Morgan fingerprint density at radius 1 is 1.41 bits per heavy atom. The molecule has 1 aliphatic rings. The average Bonchev–Trinajstić information content (AvgIpc) is 2.98. The van der Waals surface area contributed by atoms with Crippen molar-refractivity contribution in [3.8, 4) is 0 Å². The number of aryl methyl sites for hydroxylation is 1. The molecule has 0 amide bonds. The molecule has 118 valence electrons. The van der Waals surface area contributed by atoms with Gasteiger partial charge >= 0.3 is 0 Å². The van der Waals surface area contributed by atoms with Gasteiger partial charge in [0.1, 0.15) is 5.52 Å². The maximum atomic E-state index is 12.6. The van der Waals surface area contributed by atoms with E-state index in [4.69, 9.17) is 0 Å². The molecule has 5 heteroatoms. The fourth-order valence-corrected chi connectivity index (χ4v) is 3.47. The molecule has 1 aliphatic heterocycles. The Bertz CT molecular complexity index is 744. The van der Waals surface area contributed by atoms with Crippen LogP contribution in [0.25, 0.3) is 10.9 Å². The number of pyridine rings is 1. The molecule has 0 aliphatic carbocycles. The molecule has 1 fully saturated rings. The van der Waals surface area contributed by atoms with Crippen molar-refractivity contribution < 1.29 is 4.79 Å². The van der Waals surface area contributed by atoms with Crippen LogP contribution in [0.3, 0.4) is 0 Å². The smallest absolute Gasteiger partial charge is 0.274 e. The van der Waals surface area contributed by atoms with E-state index in [0.29, 0.717) is 23.4 Å². The van der Waals surface area contributed by atoms with Crippen LogP contribution in [-0.4, -0.2) is 40.4 Å². The molecular weight excluding hydrogens is 278 g/mol. The van der Waals surface area contributed by atoms with E-state index in [-0.39, 0.29) is 11.3 Å². The normalized spacial score (nSPS) is 19.6. The summed E-state index contributed by atoms with van der Waals surface area (Å²) in [6.07, 6.45) is 7.31. The summed E-state index contributed by atoms with van der Waals surface area (Å²) >= 11 is 0. The predicted octanol–water partition coefficient (Wildman–Crippen LogP) is 2.17. The number of piperidine rings is 1. The first-order chi connectivity index (χ1) is 10.6. The minimum absolute atomic E-state index is 0.0922. The molecule has 0 saturated carbocycles. The molecule has 3 heterocycles. The van der Waals surface area contributed by atoms with Crippen molar-refractivity contribution in [3.05, 3.63) is 34.4 Å². The molecule has 0 aromatic carbocycles. The Hall–Kier alpha value is -1.88. The van der Waals surface area contributed by atoms with Gasteiger partial charge in [-0.25, -0.2) is 0 Å². The molecule has 3 rings (SSSR count). The molecule has 2 aromatic rings. The first-order valence-electron chi connectivity index (χ1n) is 7.94. The summed E-state index contributed by atoms with van der Waals surface area (Å²) in [5.41, 5.74) is 1.08. The topological polar surface area (TPSA) is 58.1 Å². The number of fused-ring (bicyclic) bond motifs is 1. The van der Waals surface area contributed by atoms with E-state index in [2.05, 4.69) is 16.9 Å². The lowest BCUT2D eigenvalue weighted by atomic mass is 9.91. The lowest BCUT2D eigenvalue weighted by Crippen LogP contribution is -2.32. The third-order valence-electron chi connectivity index (χ3n) is 4.70. The van der Waals surface area contributed by atoms with Crippen LogP contribution in [0.1, 0.15) is 36.0 Å². The SMILES string of the molecule is CN1CCCC(CCC(=O)c2cn(C)c(=O)c3[nH]ccc23)C1. The second-order valence-corrected chi connectivity index (χ2v) is 6.46. The number of nitrogens with zero attached hydrogens (tertiary/aromatic N) is 2. The molecule has 5 nitrogen and oxygen atoms in total. The lowest BCUT2D eigenvalue weighted by Gasteiger charge is -2.29. The minimum Gasteiger partial charge on any atom is -0.357 e. The molecule has 0 spiro atoms. The summed E-state index contributed by atoms with van der Waals surface area (Å²) in [5.74, 6) is 0.741. The number of H-pyrrole nitrogens is 1. The number of hydrogen-bond donors (Lipinski definition) is 1. The van der Waals surface area contributed by atoms with Crippen LogP contribution in [0.5, 0.6) is 0 Å². The summed E-state index contributed by atoms with van der Waals surface area (Å²) in [7, 11) is 3.83. The highest BCUT2D eigenvalue weighted by Crippen LogP contribution is 2.22. The monoisotopic (exact) mass is 301 g/mol. The standard InChI is InChI=1S/C17H23N3O2/c1-19-9-3-4-12(10-19)5-6-15(21)14-11-20(2)17(22)16-13(14)7-8-18-16/h7-8,11-12,18H,3-6,9-10H2,1-2H3. The van der Waals surface area contributed by atoms with Crippen LogP contribution in [-0.2, 0) is 7.05 Å². The van der Waals surface area contributed by atoms with Gasteiger partial charge in [0.25, 0.3) is 5.56 Å². The Balaban J connectivity index is 1.76. The summed E-state index contributed by atoms with van der Waals surface area (Å²) in [6.45, 7) is 2.25. The number of ketones is 1. The average molecular weight is 301 g/mol.